The fraction of sp³-hybridized carbons (Fsp3) is 0.167. The Morgan fingerprint density at radius 1 is 1.30 bits per heavy atom. The Hall–Kier alpha value is -2.35. The molecule has 0 radical (unpaired) electrons. The number of fused-ring (bicyclic) bond motifs is 1. The maximum atomic E-state index is 12.5. The number of carbonyl (C=O) groups is 1. The van der Waals surface area contributed by atoms with E-state index in [1.165, 1.54) is 18.5 Å². The van der Waals surface area contributed by atoms with Crippen LogP contribution in [0.2, 0.25) is 0 Å². The number of rotatable bonds is 2. The number of benzene rings is 1. The van der Waals surface area contributed by atoms with Gasteiger partial charge in [-0.2, -0.15) is 9.40 Å². The molecule has 8 heteroatoms. The van der Waals surface area contributed by atoms with Gasteiger partial charge in [0.15, 0.2) is 0 Å². The normalized spacial score (nSPS) is 16.6. The summed E-state index contributed by atoms with van der Waals surface area (Å²) in [5.74, 6) is 0. The maximum absolute atomic E-state index is 12.5. The van der Waals surface area contributed by atoms with Crippen LogP contribution in [0.1, 0.15) is 6.92 Å². The second-order valence-electron chi connectivity index (χ2n) is 4.25. The zero-order valence-electron chi connectivity index (χ0n) is 10.6. The Bertz CT molecular complexity index is 782. The molecule has 0 saturated carbocycles. The number of carbonyl (C=O) groups excluding carboxylic acids is 1. The lowest BCUT2D eigenvalue weighted by molar-refractivity contribution is 0.259. The molecule has 0 unspecified atom stereocenters. The van der Waals surface area contributed by atoms with E-state index >= 15 is 0 Å². The molecule has 1 N–H and O–H groups in total. The van der Waals surface area contributed by atoms with E-state index < -0.39 is 16.1 Å². The lowest BCUT2D eigenvalue weighted by Gasteiger charge is -2.27. The van der Waals surface area contributed by atoms with Crippen molar-refractivity contribution in [2.24, 2.45) is 0 Å². The van der Waals surface area contributed by atoms with Crippen molar-refractivity contribution in [1.82, 2.24) is 9.78 Å². The highest BCUT2D eigenvalue weighted by Crippen LogP contribution is 2.32. The molecule has 1 aliphatic rings. The van der Waals surface area contributed by atoms with Crippen LogP contribution in [0.25, 0.3) is 0 Å². The molecule has 0 atom stereocenters. The summed E-state index contributed by atoms with van der Waals surface area (Å²) in [4.78, 5) is 12.1. The Balaban J connectivity index is 2.15. The Morgan fingerprint density at radius 2 is 2.05 bits per heavy atom. The molecule has 0 bridgehead atoms. The lowest BCUT2D eigenvalue weighted by atomic mass is 10.3. The van der Waals surface area contributed by atoms with E-state index in [1.807, 2.05) is 6.92 Å². The number of aromatic nitrogens is 2. The molecule has 104 valence electrons. The van der Waals surface area contributed by atoms with Gasteiger partial charge in [0.05, 0.1) is 11.9 Å². The molecule has 0 aliphatic carbocycles. The van der Waals surface area contributed by atoms with E-state index in [0.29, 0.717) is 6.54 Å². The predicted octanol–water partition coefficient (Wildman–Crippen LogP) is 1.64. The number of amides is 2. The molecule has 0 spiro atoms. The highest BCUT2D eigenvalue weighted by atomic mass is 32.2. The molecule has 0 saturated heterocycles. The number of nitrogens with zero attached hydrogens (tertiary/aromatic N) is 3. The van der Waals surface area contributed by atoms with Gasteiger partial charge in [-0.05, 0) is 19.1 Å². The summed E-state index contributed by atoms with van der Waals surface area (Å²) in [6.07, 6.45) is 2.87. The van der Waals surface area contributed by atoms with Crippen molar-refractivity contribution in [1.29, 1.82) is 0 Å². The van der Waals surface area contributed by atoms with Gasteiger partial charge >= 0.3 is 6.03 Å². The van der Waals surface area contributed by atoms with Crippen LogP contribution < -0.4 is 9.62 Å². The summed E-state index contributed by atoms with van der Waals surface area (Å²) in [5, 5.41) is 6.56. The summed E-state index contributed by atoms with van der Waals surface area (Å²) >= 11 is 0. The first kappa shape index (κ1) is 12.7. The van der Waals surface area contributed by atoms with Crippen LogP contribution in [0.4, 0.5) is 16.2 Å². The number of hydrogen-bond donors (Lipinski definition) is 1. The largest absolute Gasteiger partial charge is 0.340 e. The molecule has 1 aliphatic heterocycles. The predicted molar refractivity (Wildman–Crippen MR) is 73.0 cm³/mol. The monoisotopic (exact) mass is 292 g/mol. The molecular formula is C12H12N4O3S. The number of hydrogen-bond acceptors (Lipinski definition) is 4. The van der Waals surface area contributed by atoms with E-state index in [0.717, 1.165) is 4.31 Å². The van der Waals surface area contributed by atoms with Crippen molar-refractivity contribution in [2.45, 2.75) is 18.4 Å². The number of nitrogens with one attached hydrogen (secondary N) is 1. The molecule has 2 heterocycles. The summed E-state index contributed by atoms with van der Waals surface area (Å²) in [7, 11) is -3.91. The zero-order valence-corrected chi connectivity index (χ0v) is 11.5. The van der Waals surface area contributed by atoms with E-state index in [2.05, 4.69) is 10.4 Å². The van der Waals surface area contributed by atoms with Crippen molar-refractivity contribution in [3.8, 4) is 0 Å². The third kappa shape index (κ3) is 1.76. The second kappa shape index (κ2) is 4.34. The van der Waals surface area contributed by atoms with Crippen LogP contribution in [0.15, 0.2) is 41.6 Å². The Labute approximate surface area is 115 Å². The quantitative estimate of drug-likeness (QED) is 0.912. The minimum Gasteiger partial charge on any atom is -0.305 e. The van der Waals surface area contributed by atoms with Gasteiger partial charge in [0, 0.05) is 12.7 Å². The SMILES string of the molecule is CCn1cc(N2C(=O)Nc3ccccc3S2(=O)=O)cn1. The van der Waals surface area contributed by atoms with E-state index in [9.17, 15) is 13.2 Å². The number of para-hydroxylation sites is 1. The van der Waals surface area contributed by atoms with Crippen LogP contribution in [0, 0.1) is 0 Å². The van der Waals surface area contributed by atoms with E-state index in [-0.39, 0.29) is 16.3 Å². The molecule has 1 aromatic heterocycles. The third-order valence-electron chi connectivity index (χ3n) is 3.01. The number of sulfonamides is 1. The van der Waals surface area contributed by atoms with Crippen LogP contribution in [-0.2, 0) is 16.6 Å². The first-order valence-corrected chi connectivity index (χ1v) is 7.46. The van der Waals surface area contributed by atoms with Gasteiger partial charge in [0.2, 0.25) is 0 Å². The van der Waals surface area contributed by atoms with Gasteiger partial charge in [0.25, 0.3) is 10.0 Å². The van der Waals surface area contributed by atoms with Gasteiger partial charge in [-0.15, -0.1) is 0 Å². The Morgan fingerprint density at radius 3 is 2.75 bits per heavy atom. The maximum Gasteiger partial charge on any atom is 0.340 e. The van der Waals surface area contributed by atoms with Crippen LogP contribution in [-0.4, -0.2) is 24.2 Å². The van der Waals surface area contributed by atoms with Crippen molar-refractivity contribution in [3.63, 3.8) is 0 Å². The number of urea groups is 1. The summed E-state index contributed by atoms with van der Waals surface area (Å²) in [6.45, 7) is 2.46. The molecule has 0 fully saturated rings. The van der Waals surface area contributed by atoms with Crippen LogP contribution in [0.5, 0.6) is 0 Å². The first-order chi connectivity index (χ1) is 9.54. The standard InChI is InChI=1S/C12H12N4O3S/c1-2-15-8-9(7-13-15)16-12(17)14-10-5-3-4-6-11(10)20(16,18)19/h3-8H,2H2,1H3,(H,14,17). The van der Waals surface area contributed by atoms with Gasteiger partial charge in [0.1, 0.15) is 10.6 Å². The van der Waals surface area contributed by atoms with Crippen LogP contribution >= 0.6 is 0 Å². The summed E-state index contributed by atoms with van der Waals surface area (Å²) in [6, 6.07) is 5.58. The first-order valence-electron chi connectivity index (χ1n) is 6.02. The summed E-state index contributed by atoms with van der Waals surface area (Å²) in [5.41, 5.74) is 0.510. The van der Waals surface area contributed by atoms with Crippen molar-refractivity contribution in [3.05, 3.63) is 36.7 Å². The lowest BCUT2D eigenvalue weighted by Crippen LogP contribution is -2.44. The Kier molecular flexibility index (Phi) is 2.75. The highest BCUT2D eigenvalue weighted by Gasteiger charge is 2.38. The molecule has 3 rings (SSSR count). The van der Waals surface area contributed by atoms with E-state index in [4.69, 9.17) is 0 Å². The van der Waals surface area contributed by atoms with Gasteiger partial charge in [-0.3, -0.25) is 4.68 Å². The average Bonchev–Trinajstić information content (AvgIpc) is 2.86. The second-order valence-corrected chi connectivity index (χ2v) is 6.01. The molecule has 2 amide bonds. The fourth-order valence-electron chi connectivity index (χ4n) is 2.05. The fourth-order valence-corrected chi connectivity index (χ4v) is 3.53. The average molecular weight is 292 g/mol. The van der Waals surface area contributed by atoms with Crippen molar-refractivity contribution >= 4 is 27.4 Å². The summed E-state index contributed by atoms with van der Waals surface area (Å²) < 4.78 is 27.4. The smallest absolute Gasteiger partial charge is 0.305 e. The molecular weight excluding hydrogens is 280 g/mol. The number of aryl methyl sites for hydroxylation is 1. The van der Waals surface area contributed by atoms with Crippen molar-refractivity contribution < 1.29 is 13.2 Å². The van der Waals surface area contributed by atoms with Crippen LogP contribution in [0.3, 0.4) is 0 Å². The molecule has 7 nitrogen and oxygen atoms in total. The van der Waals surface area contributed by atoms with Gasteiger partial charge in [-0.25, -0.2) is 13.2 Å². The minimum atomic E-state index is -3.91. The van der Waals surface area contributed by atoms with Crippen molar-refractivity contribution in [2.75, 3.05) is 9.62 Å². The number of anilines is 2. The topological polar surface area (TPSA) is 84.3 Å². The van der Waals surface area contributed by atoms with Gasteiger partial charge < -0.3 is 5.32 Å². The van der Waals surface area contributed by atoms with E-state index in [1.54, 1.807) is 22.9 Å². The molecule has 20 heavy (non-hydrogen) atoms. The zero-order chi connectivity index (χ0) is 14.3. The minimum absolute atomic E-state index is 0.0730. The van der Waals surface area contributed by atoms with Gasteiger partial charge in [-0.1, -0.05) is 12.1 Å². The third-order valence-corrected chi connectivity index (χ3v) is 4.78. The molecule has 1 aromatic carbocycles. The highest BCUT2D eigenvalue weighted by molar-refractivity contribution is 7.94. The molecule has 2 aromatic rings.